The Kier molecular flexibility index (Phi) is 5.15. The van der Waals surface area contributed by atoms with Crippen molar-refractivity contribution >= 4 is 11.0 Å². The number of halogens is 6. The van der Waals surface area contributed by atoms with E-state index in [2.05, 4.69) is 15.1 Å². The maximum atomic E-state index is 13.2. The van der Waals surface area contributed by atoms with Crippen LogP contribution in [0.15, 0.2) is 29.1 Å². The largest absolute Gasteiger partial charge is 0.416 e. The number of aryl methyl sites for hydroxylation is 1. The summed E-state index contributed by atoms with van der Waals surface area (Å²) in [6.45, 7) is 0.677. The highest BCUT2D eigenvalue weighted by atomic mass is 19.4. The summed E-state index contributed by atoms with van der Waals surface area (Å²) in [5, 5.41) is 13.2. The Morgan fingerprint density at radius 1 is 1.14 bits per heavy atom. The molecule has 0 spiro atoms. The smallest absolute Gasteiger partial charge is 0.390 e. The number of fused-ring (bicyclic) bond motifs is 1. The van der Waals surface area contributed by atoms with E-state index in [-0.39, 0.29) is 28.1 Å². The minimum Gasteiger partial charge on any atom is -0.390 e. The van der Waals surface area contributed by atoms with Gasteiger partial charge in [0.05, 0.1) is 24.6 Å². The number of benzene rings is 1. The molecule has 0 aliphatic rings. The summed E-state index contributed by atoms with van der Waals surface area (Å²) in [6.07, 6.45) is -10.8. The van der Waals surface area contributed by atoms with Crippen molar-refractivity contribution in [2.24, 2.45) is 0 Å². The maximum absolute atomic E-state index is 13.2. The van der Waals surface area contributed by atoms with Crippen molar-refractivity contribution in [1.82, 2.24) is 19.7 Å². The van der Waals surface area contributed by atoms with Gasteiger partial charge in [-0.15, -0.1) is 0 Å². The van der Waals surface area contributed by atoms with Gasteiger partial charge in [0.15, 0.2) is 5.65 Å². The number of nitrogens with zero attached hydrogens (tertiary/aromatic N) is 3. The average molecular weight is 420 g/mol. The fourth-order valence-corrected chi connectivity index (χ4v) is 3.01. The van der Waals surface area contributed by atoms with E-state index >= 15 is 0 Å². The summed E-state index contributed by atoms with van der Waals surface area (Å²) in [6, 6.07) is 1.59. The normalized spacial score (nSPS) is 13.8. The molecule has 12 heteroatoms. The number of aliphatic hydroxyl groups is 1. The molecule has 0 fully saturated rings. The molecule has 0 saturated carbocycles. The van der Waals surface area contributed by atoms with Crippen molar-refractivity contribution in [2.75, 3.05) is 0 Å². The van der Waals surface area contributed by atoms with Crippen molar-refractivity contribution in [3.05, 3.63) is 57.3 Å². The molecule has 3 aromatic rings. The molecule has 2 aromatic heterocycles. The van der Waals surface area contributed by atoms with E-state index < -0.39 is 42.5 Å². The summed E-state index contributed by atoms with van der Waals surface area (Å²) in [7, 11) is 0. The van der Waals surface area contributed by atoms with Crippen LogP contribution in [0.3, 0.4) is 0 Å². The van der Waals surface area contributed by atoms with Crippen LogP contribution in [-0.4, -0.2) is 31.0 Å². The number of hydrogen-bond acceptors (Lipinski definition) is 4. The lowest BCUT2D eigenvalue weighted by molar-refractivity contribution is -0.141. The van der Waals surface area contributed by atoms with E-state index in [9.17, 15) is 36.2 Å². The highest BCUT2D eigenvalue weighted by molar-refractivity contribution is 5.77. The summed E-state index contributed by atoms with van der Waals surface area (Å²) >= 11 is 0. The van der Waals surface area contributed by atoms with Gasteiger partial charge in [0.1, 0.15) is 16.9 Å². The summed E-state index contributed by atoms with van der Waals surface area (Å²) in [5.41, 5.74) is -2.21. The Hall–Kier alpha value is -2.89. The first-order valence-corrected chi connectivity index (χ1v) is 8.23. The number of aromatic nitrogens is 4. The molecule has 0 saturated heterocycles. The van der Waals surface area contributed by atoms with Crippen molar-refractivity contribution < 1.29 is 31.4 Å². The second kappa shape index (κ2) is 7.17. The van der Waals surface area contributed by atoms with Crippen LogP contribution in [0.5, 0.6) is 0 Å². The number of alkyl halides is 6. The Morgan fingerprint density at radius 3 is 2.28 bits per heavy atom. The molecule has 0 bridgehead atoms. The molecule has 29 heavy (non-hydrogen) atoms. The predicted octanol–water partition coefficient (Wildman–Crippen LogP) is 3.48. The topological polar surface area (TPSA) is 83.8 Å². The zero-order valence-corrected chi connectivity index (χ0v) is 14.8. The van der Waals surface area contributed by atoms with E-state index in [1.807, 2.05) is 0 Å². The van der Waals surface area contributed by atoms with Crippen molar-refractivity contribution in [3.8, 4) is 0 Å². The zero-order valence-electron chi connectivity index (χ0n) is 14.8. The molecule has 2 N–H and O–H groups in total. The average Bonchev–Trinajstić information content (AvgIpc) is 2.97. The van der Waals surface area contributed by atoms with Crippen LogP contribution in [-0.2, 0) is 12.8 Å². The number of aliphatic hydroxyl groups excluding tert-OH is 1. The molecule has 156 valence electrons. The molecule has 0 aliphatic heterocycles. The quantitative estimate of drug-likeness (QED) is 0.633. The van der Waals surface area contributed by atoms with Gasteiger partial charge in [0.25, 0.3) is 5.56 Å². The van der Waals surface area contributed by atoms with Crippen molar-refractivity contribution in [2.45, 2.75) is 38.3 Å². The Labute approximate surface area is 158 Å². The molecular weight excluding hydrogens is 406 g/mol. The summed E-state index contributed by atoms with van der Waals surface area (Å²) < 4.78 is 78.9. The van der Waals surface area contributed by atoms with Crippen LogP contribution < -0.4 is 5.56 Å². The van der Waals surface area contributed by atoms with Crippen LogP contribution >= 0.6 is 0 Å². The fourth-order valence-electron chi connectivity index (χ4n) is 3.01. The third kappa shape index (κ3) is 4.26. The first kappa shape index (κ1) is 20.8. The second-order valence-electron chi connectivity index (χ2n) is 6.35. The number of aromatic amines is 1. The van der Waals surface area contributed by atoms with Crippen molar-refractivity contribution in [1.29, 1.82) is 0 Å². The van der Waals surface area contributed by atoms with Crippen LogP contribution in [0, 0.1) is 6.92 Å². The highest BCUT2D eigenvalue weighted by Crippen LogP contribution is 2.36. The standard InChI is InChI=1S/C17H14F6N4O2/c1-8-24-14-13(15(29)25-8)11(7-28)26-27(14)12(6-16(18,19)20)9-2-4-10(5-3-9)17(21,22)23/h2-5,12,28H,6-7H2,1H3,(H,24,25,29). The van der Waals surface area contributed by atoms with Gasteiger partial charge in [-0.3, -0.25) is 4.79 Å². The summed E-state index contributed by atoms with van der Waals surface area (Å²) in [4.78, 5) is 18.6. The first-order chi connectivity index (χ1) is 13.4. The summed E-state index contributed by atoms with van der Waals surface area (Å²) in [5.74, 6) is 0.103. The Balaban J connectivity index is 2.22. The van der Waals surface area contributed by atoms with Crippen LogP contribution in [0.2, 0.25) is 0 Å². The first-order valence-electron chi connectivity index (χ1n) is 8.23. The number of rotatable bonds is 4. The van der Waals surface area contributed by atoms with E-state index in [4.69, 9.17) is 0 Å². The van der Waals surface area contributed by atoms with Crippen LogP contribution in [0.1, 0.15) is 35.1 Å². The highest BCUT2D eigenvalue weighted by Gasteiger charge is 2.36. The van der Waals surface area contributed by atoms with Gasteiger partial charge in [-0.05, 0) is 24.6 Å². The third-order valence-corrected chi connectivity index (χ3v) is 4.25. The molecule has 1 atom stereocenters. The lowest BCUT2D eigenvalue weighted by Gasteiger charge is -2.21. The minimum atomic E-state index is -4.69. The molecule has 3 rings (SSSR count). The minimum absolute atomic E-state index is 0.103. The monoisotopic (exact) mass is 420 g/mol. The number of hydrogen-bond donors (Lipinski definition) is 2. The number of nitrogens with one attached hydrogen (secondary N) is 1. The third-order valence-electron chi connectivity index (χ3n) is 4.25. The molecule has 0 amide bonds. The van der Waals surface area contributed by atoms with Gasteiger partial charge in [-0.1, -0.05) is 12.1 Å². The molecule has 2 heterocycles. The molecule has 0 radical (unpaired) electrons. The van der Waals surface area contributed by atoms with Gasteiger partial charge in [-0.2, -0.15) is 31.4 Å². The van der Waals surface area contributed by atoms with Gasteiger partial charge < -0.3 is 10.1 Å². The maximum Gasteiger partial charge on any atom is 0.416 e. The molecule has 1 unspecified atom stereocenters. The zero-order chi connectivity index (χ0) is 21.6. The van der Waals surface area contributed by atoms with Crippen LogP contribution in [0.25, 0.3) is 11.0 Å². The predicted molar refractivity (Wildman–Crippen MR) is 89.1 cm³/mol. The second-order valence-corrected chi connectivity index (χ2v) is 6.35. The van der Waals surface area contributed by atoms with E-state index in [1.54, 1.807) is 0 Å². The lowest BCUT2D eigenvalue weighted by Crippen LogP contribution is -2.22. The molecular formula is C17H14F6N4O2. The molecule has 1 aromatic carbocycles. The van der Waals surface area contributed by atoms with Crippen LogP contribution in [0.4, 0.5) is 26.3 Å². The lowest BCUT2D eigenvalue weighted by atomic mass is 10.0. The van der Waals surface area contributed by atoms with Gasteiger partial charge >= 0.3 is 12.4 Å². The van der Waals surface area contributed by atoms with Crippen molar-refractivity contribution in [3.63, 3.8) is 0 Å². The molecule has 6 nitrogen and oxygen atoms in total. The van der Waals surface area contributed by atoms with E-state index in [0.717, 1.165) is 16.8 Å². The number of H-pyrrole nitrogens is 1. The Morgan fingerprint density at radius 2 is 1.76 bits per heavy atom. The van der Waals surface area contributed by atoms with E-state index in [1.165, 1.54) is 6.92 Å². The molecule has 0 aliphatic carbocycles. The van der Waals surface area contributed by atoms with Gasteiger partial charge in [0.2, 0.25) is 0 Å². The SMILES string of the molecule is Cc1nc2c(c(CO)nn2C(CC(F)(F)F)c2ccc(C(F)(F)F)cc2)c(=O)[nH]1. The van der Waals surface area contributed by atoms with E-state index in [0.29, 0.717) is 12.1 Å². The van der Waals surface area contributed by atoms with Gasteiger partial charge in [0, 0.05) is 0 Å². The fraction of sp³-hybridized carbons (Fsp3) is 0.353. The Bertz CT molecular complexity index is 1080. The van der Waals surface area contributed by atoms with Gasteiger partial charge in [-0.25, -0.2) is 9.67 Å².